The summed E-state index contributed by atoms with van der Waals surface area (Å²) in [7, 11) is 0. The van der Waals surface area contributed by atoms with Gasteiger partial charge in [-0.3, -0.25) is 0 Å². The van der Waals surface area contributed by atoms with Gasteiger partial charge in [0.1, 0.15) is 5.76 Å². The van der Waals surface area contributed by atoms with Crippen molar-refractivity contribution in [3.8, 4) is 0 Å². The van der Waals surface area contributed by atoms with Crippen LogP contribution in [0.25, 0.3) is 0 Å². The van der Waals surface area contributed by atoms with Crippen LogP contribution in [0, 0.1) is 11.3 Å². The predicted molar refractivity (Wildman–Crippen MR) is 79.6 cm³/mol. The Labute approximate surface area is 122 Å². The summed E-state index contributed by atoms with van der Waals surface area (Å²) in [6, 6.07) is 2.68. The number of rotatable bonds is 7. The summed E-state index contributed by atoms with van der Waals surface area (Å²) in [6.45, 7) is 11.6. The predicted octanol–water partition coefficient (Wildman–Crippen LogP) is 2.51. The normalized spacial score (nSPS) is 24.9. The molecule has 20 heavy (non-hydrogen) atoms. The fraction of sp³-hybridized carbons (Fsp3) is 0.812. The molecule has 1 heterocycles. The first-order chi connectivity index (χ1) is 9.52. The summed E-state index contributed by atoms with van der Waals surface area (Å²) in [4.78, 5) is 2.57. The van der Waals surface area contributed by atoms with Crippen molar-refractivity contribution in [1.82, 2.24) is 10.1 Å². The fourth-order valence-corrected chi connectivity index (χ4v) is 3.55. The third kappa shape index (κ3) is 2.91. The van der Waals surface area contributed by atoms with E-state index in [2.05, 4.69) is 37.8 Å². The summed E-state index contributed by atoms with van der Waals surface area (Å²) in [5.74, 6) is 1.46. The number of aliphatic hydroxyl groups excluding tert-OH is 1. The largest absolute Gasteiger partial charge is 0.396 e. The Balaban J connectivity index is 1.94. The van der Waals surface area contributed by atoms with Gasteiger partial charge in [-0.25, -0.2) is 0 Å². The van der Waals surface area contributed by atoms with E-state index in [1.165, 1.54) is 6.42 Å². The Morgan fingerprint density at radius 1 is 1.40 bits per heavy atom. The molecule has 0 spiro atoms. The highest BCUT2D eigenvalue weighted by atomic mass is 16.5. The summed E-state index contributed by atoms with van der Waals surface area (Å²) in [5, 5.41) is 13.0. The van der Waals surface area contributed by atoms with E-state index in [1.54, 1.807) is 0 Å². The van der Waals surface area contributed by atoms with Crippen molar-refractivity contribution in [2.75, 3.05) is 19.7 Å². The van der Waals surface area contributed by atoms with Gasteiger partial charge in [0.05, 0.1) is 12.3 Å². The molecule has 0 aliphatic heterocycles. The SMILES string of the molecule is CCN(CC)C1CC(Cc2cc(CCO)on2)C1(C)C. The number of aromatic nitrogens is 1. The molecule has 0 radical (unpaired) electrons. The van der Waals surface area contributed by atoms with Crippen LogP contribution in [0.1, 0.15) is 45.6 Å². The minimum Gasteiger partial charge on any atom is -0.396 e. The van der Waals surface area contributed by atoms with Crippen molar-refractivity contribution in [3.05, 3.63) is 17.5 Å². The summed E-state index contributed by atoms with van der Waals surface area (Å²) < 4.78 is 5.24. The first-order valence-electron chi connectivity index (χ1n) is 7.82. The molecule has 1 aromatic rings. The number of nitrogens with zero attached hydrogens (tertiary/aromatic N) is 2. The lowest BCUT2D eigenvalue weighted by Gasteiger charge is -2.56. The van der Waals surface area contributed by atoms with Gasteiger partial charge in [0.25, 0.3) is 0 Å². The van der Waals surface area contributed by atoms with Crippen molar-refractivity contribution >= 4 is 0 Å². The van der Waals surface area contributed by atoms with Gasteiger partial charge in [0.2, 0.25) is 0 Å². The first-order valence-corrected chi connectivity index (χ1v) is 7.82. The van der Waals surface area contributed by atoms with E-state index in [4.69, 9.17) is 9.63 Å². The Morgan fingerprint density at radius 2 is 2.10 bits per heavy atom. The highest BCUT2D eigenvalue weighted by molar-refractivity contribution is 5.11. The number of hydrogen-bond donors (Lipinski definition) is 1. The molecule has 1 fully saturated rings. The van der Waals surface area contributed by atoms with E-state index < -0.39 is 0 Å². The second-order valence-corrected chi connectivity index (χ2v) is 6.45. The topological polar surface area (TPSA) is 49.5 Å². The van der Waals surface area contributed by atoms with E-state index in [1.807, 2.05) is 6.07 Å². The highest BCUT2D eigenvalue weighted by Gasteiger charge is 2.49. The van der Waals surface area contributed by atoms with Gasteiger partial charge in [-0.15, -0.1) is 0 Å². The second-order valence-electron chi connectivity index (χ2n) is 6.45. The van der Waals surface area contributed by atoms with Crippen LogP contribution < -0.4 is 0 Å². The van der Waals surface area contributed by atoms with Gasteiger partial charge >= 0.3 is 0 Å². The third-order valence-corrected chi connectivity index (χ3v) is 5.09. The van der Waals surface area contributed by atoms with Gasteiger partial charge < -0.3 is 14.5 Å². The van der Waals surface area contributed by atoms with Crippen LogP contribution in [0.5, 0.6) is 0 Å². The van der Waals surface area contributed by atoms with Crippen molar-refractivity contribution in [2.45, 2.75) is 53.0 Å². The zero-order valence-corrected chi connectivity index (χ0v) is 13.2. The molecular formula is C16H28N2O2. The van der Waals surface area contributed by atoms with Crippen LogP contribution in [0.15, 0.2) is 10.6 Å². The molecule has 1 saturated carbocycles. The molecule has 1 aromatic heterocycles. The standard InChI is InChI=1S/C16H28N2O2/c1-5-18(6-2)15-10-12(16(15,3)4)9-13-11-14(7-8-19)20-17-13/h11-12,15,19H,5-10H2,1-4H3. The Morgan fingerprint density at radius 3 is 2.65 bits per heavy atom. The average Bonchev–Trinajstić information content (AvgIpc) is 2.86. The molecule has 0 saturated heterocycles. The van der Waals surface area contributed by atoms with Crippen LogP contribution in [-0.4, -0.2) is 40.9 Å². The van der Waals surface area contributed by atoms with Crippen LogP contribution in [0.3, 0.4) is 0 Å². The molecule has 0 bridgehead atoms. The minimum atomic E-state index is 0.119. The lowest BCUT2D eigenvalue weighted by molar-refractivity contribution is -0.0592. The molecule has 2 rings (SSSR count). The maximum absolute atomic E-state index is 8.91. The van der Waals surface area contributed by atoms with Gasteiger partial charge in [-0.05, 0) is 37.3 Å². The monoisotopic (exact) mass is 280 g/mol. The van der Waals surface area contributed by atoms with Crippen LogP contribution in [-0.2, 0) is 12.8 Å². The molecular weight excluding hydrogens is 252 g/mol. The van der Waals surface area contributed by atoms with E-state index in [0.29, 0.717) is 23.8 Å². The Kier molecular flexibility index (Phi) is 4.86. The Bertz CT molecular complexity index is 424. The van der Waals surface area contributed by atoms with E-state index in [0.717, 1.165) is 31.0 Å². The molecule has 1 N–H and O–H groups in total. The van der Waals surface area contributed by atoms with E-state index in [9.17, 15) is 0 Å². The molecule has 0 amide bonds. The quantitative estimate of drug-likeness (QED) is 0.834. The lowest BCUT2D eigenvalue weighted by Crippen LogP contribution is -2.58. The number of aliphatic hydroxyl groups is 1. The average molecular weight is 280 g/mol. The minimum absolute atomic E-state index is 0.119. The van der Waals surface area contributed by atoms with Gasteiger partial charge in [0, 0.05) is 18.5 Å². The highest BCUT2D eigenvalue weighted by Crippen LogP contribution is 2.50. The maximum atomic E-state index is 8.91. The zero-order valence-electron chi connectivity index (χ0n) is 13.2. The maximum Gasteiger partial charge on any atom is 0.139 e. The molecule has 2 atom stereocenters. The lowest BCUT2D eigenvalue weighted by atomic mass is 9.56. The van der Waals surface area contributed by atoms with Crippen LogP contribution in [0.2, 0.25) is 0 Å². The first kappa shape index (κ1) is 15.5. The molecule has 0 aromatic carbocycles. The smallest absolute Gasteiger partial charge is 0.139 e. The van der Waals surface area contributed by atoms with Crippen molar-refractivity contribution < 1.29 is 9.63 Å². The molecule has 1 aliphatic carbocycles. The molecule has 4 nitrogen and oxygen atoms in total. The summed E-state index contributed by atoms with van der Waals surface area (Å²) >= 11 is 0. The molecule has 2 unspecified atom stereocenters. The van der Waals surface area contributed by atoms with Crippen molar-refractivity contribution in [2.24, 2.45) is 11.3 Å². The second kappa shape index (κ2) is 6.27. The third-order valence-electron chi connectivity index (χ3n) is 5.09. The Hall–Kier alpha value is -0.870. The molecule has 114 valence electrons. The fourth-order valence-electron chi connectivity index (χ4n) is 3.55. The van der Waals surface area contributed by atoms with Gasteiger partial charge in [-0.2, -0.15) is 0 Å². The van der Waals surface area contributed by atoms with Gasteiger partial charge in [-0.1, -0.05) is 32.9 Å². The van der Waals surface area contributed by atoms with E-state index >= 15 is 0 Å². The summed E-state index contributed by atoms with van der Waals surface area (Å²) in [6.07, 6.45) is 2.79. The van der Waals surface area contributed by atoms with Gasteiger partial charge in [0.15, 0.2) is 0 Å². The summed E-state index contributed by atoms with van der Waals surface area (Å²) in [5.41, 5.74) is 1.37. The zero-order chi connectivity index (χ0) is 14.8. The number of hydrogen-bond acceptors (Lipinski definition) is 4. The van der Waals surface area contributed by atoms with Crippen molar-refractivity contribution in [3.63, 3.8) is 0 Å². The van der Waals surface area contributed by atoms with Crippen molar-refractivity contribution in [1.29, 1.82) is 0 Å². The molecule has 4 heteroatoms. The van der Waals surface area contributed by atoms with E-state index in [-0.39, 0.29) is 6.61 Å². The molecule has 1 aliphatic rings. The van der Waals surface area contributed by atoms with Crippen LogP contribution in [0.4, 0.5) is 0 Å². The van der Waals surface area contributed by atoms with Crippen LogP contribution >= 0.6 is 0 Å².